The van der Waals surface area contributed by atoms with Crippen LogP contribution in [0.5, 0.6) is 11.6 Å². The van der Waals surface area contributed by atoms with Crippen LogP contribution in [0, 0.1) is 10.1 Å². The zero-order valence-corrected chi connectivity index (χ0v) is 14.9. The maximum absolute atomic E-state index is 11.3. The Kier molecular flexibility index (Phi) is 6.01. The minimum atomic E-state index is -0.384. The summed E-state index contributed by atoms with van der Waals surface area (Å²) in [5, 5.41) is 11.3. The first-order chi connectivity index (χ1) is 12.7. The molecule has 1 aromatic heterocycles. The number of pyridine rings is 1. The largest absolute Gasteiger partial charge is 0.439 e. The van der Waals surface area contributed by atoms with Gasteiger partial charge in [-0.05, 0) is 43.4 Å². The molecule has 0 N–H and O–H groups in total. The molecule has 0 aliphatic carbocycles. The summed E-state index contributed by atoms with van der Waals surface area (Å²) in [6, 6.07) is 10.7. The van der Waals surface area contributed by atoms with E-state index in [0.29, 0.717) is 24.1 Å². The van der Waals surface area contributed by atoms with Gasteiger partial charge in [0.1, 0.15) is 5.75 Å². The lowest BCUT2D eigenvalue weighted by Crippen LogP contribution is -2.30. The number of rotatable bonds is 7. The number of anilines is 1. The summed E-state index contributed by atoms with van der Waals surface area (Å²) in [6.45, 7) is 2.24. The van der Waals surface area contributed by atoms with Gasteiger partial charge in [0.05, 0.1) is 11.5 Å². The van der Waals surface area contributed by atoms with Crippen molar-refractivity contribution >= 4 is 11.5 Å². The maximum Gasteiger partial charge on any atom is 0.311 e. The molecule has 0 spiro atoms. The minimum absolute atomic E-state index is 0.0224. The normalized spacial score (nSPS) is 14.3. The molecule has 1 aliphatic rings. The van der Waals surface area contributed by atoms with Crippen LogP contribution in [0.3, 0.4) is 0 Å². The van der Waals surface area contributed by atoms with Crippen LogP contribution < -0.4 is 9.64 Å². The number of hydrogen-bond donors (Lipinski definition) is 0. The molecule has 26 heavy (non-hydrogen) atoms. The number of piperidine rings is 1. The molecule has 2 aromatic rings. The Morgan fingerprint density at radius 2 is 1.85 bits per heavy atom. The summed E-state index contributed by atoms with van der Waals surface area (Å²) in [4.78, 5) is 17.4. The van der Waals surface area contributed by atoms with Crippen molar-refractivity contribution in [3.05, 3.63) is 52.1 Å². The van der Waals surface area contributed by atoms with E-state index in [1.54, 1.807) is 13.2 Å². The number of hydrogen-bond acceptors (Lipinski definition) is 6. The van der Waals surface area contributed by atoms with Crippen LogP contribution in [-0.4, -0.2) is 36.7 Å². The van der Waals surface area contributed by atoms with Crippen molar-refractivity contribution in [1.82, 2.24) is 4.98 Å². The maximum atomic E-state index is 11.3. The third kappa shape index (κ3) is 4.49. The van der Waals surface area contributed by atoms with Crippen molar-refractivity contribution in [3.63, 3.8) is 0 Å². The second-order valence-electron chi connectivity index (χ2n) is 6.29. The highest BCUT2D eigenvalue weighted by atomic mass is 16.6. The molecule has 3 rings (SSSR count). The Morgan fingerprint density at radius 1 is 1.12 bits per heavy atom. The van der Waals surface area contributed by atoms with E-state index in [1.165, 1.54) is 6.07 Å². The molecule has 0 bridgehead atoms. The van der Waals surface area contributed by atoms with Gasteiger partial charge in [0.2, 0.25) is 11.7 Å². The molecule has 0 atom stereocenters. The van der Waals surface area contributed by atoms with Crippen LogP contribution in [0.4, 0.5) is 11.5 Å². The van der Waals surface area contributed by atoms with Crippen LogP contribution >= 0.6 is 0 Å². The molecular formula is C19H23N3O4. The third-order valence-electron chi connectivity index (χ3n) is 4.42. The molecule has 1 aromatic carbocycles. The van der Waals surface area contributed by atoms with Gasteiger partial charge < -0.3 is 14.4 Å². The summed E-state index contributed by atoms with van der Waals surface area (Å²) in [5.74, 6) is 1.40. The van der Waals surface area contributed by atoms with Gasteiger partial charge >= 0.3 is 5.69 Å². The molecular weight excluding hydrogens is 334 g/mol. The summed E-state index contributed by atoms with van der Waals surface area (Å²) in [6.07, 6.45) is 4.03. The molecule has 2 heterocycles. The highest BCUT2D eigenvalue weighted by Crippen LogP contribution is 2.32. The van der Waals surface area contributed by atoms with Crippen molar-refractivity contribution < 1.29 is 14.4 Å². The first-order valence-corrected chi connectivity index (χ1v) is 8.83. The Bertz CT molecular complexity index is 743. The minimum Gasteiger partial charge on any atom is -0.439 e. The van der Waals surface area contributed by atoms with Gasteiger partial charge in [-0.3, -0.25) is 10.1 Å². The van der Waals surface area contributed by atoms with Gasteiger partial charge in [-0.25, -0.2) is 0 Å². The molecule has 7 nitrogen and oxygen atoms in total. The van der Waals surface area contributed by atoms with E-state index in [0.717, 1.165) is 44.3 Å². The monoisotopic (exact) mass is 357 g/mol. The Labute approximate surface area is 152 Å². The van der Waals surface area contributed by atoms with E-state index < -0.39 is 0 Å². The molecule has 138 valence electrons. The van der Waals surface area contributed by atoms with Crippen LogP contribution in [0.2, 0.25) is 0 Å². The van der Waals surface area contributed by atoms with Crippen molar-refractivity contribution in [2.24, 2.45) is 0 Å². The fraction of sp³-hybridized carbons (Fsp3) is 0.421. The standard InChI is InChI=1S/C19H23N3O4/c1-25-14-11-15-5-7-16(8-6-15)26-18-10-9-17(22(23)24)19(20-18)21-12-3-2-4-13-21/h5-10H,2-4,11-14H2,1H3. The molecule has 0 radical (unpaired) electrons. The van der Waals surface area contributed by atoms with Crippen LogP contribution in [-0.2, 0) is 11.2 Å². The Hall–Kier alpha value is -2.67. The van der Waals surface area contributed by atoms with Gasteiger partial charge in [-0.1, -0.05) is 12.1 Å². The number of nitrogens with zero attached hydrogens (tertiary/aromatic N) is 3. The second kappa shape index (κ2) is 8.62. The summed E-state index contributed by atoms with van der Waals surface area (Å²) >= 11 is 0. The average molecular weight is 357 g/mol. The topological polar surface area (TPSA) is 77.7 Å². The molecule has 1 aliphatic heterocycles. The van der Waals surface area contributed by atoms with Crippen LogP contribution in [0.15, 0.2) is 36.4 Å². The lowest BCUT2D eigenvalue weighted by Gasteiger charge is -2.27. The number of benzene rings is 1. The van der Waals surface area contributed by atoms with Crippen molar-refractivity contribution in [1.29, 1.82) is 0 Å². The van der Waals surface area contributed by atoms with E-state index in [9.17, 15) is 10.1 Å². The molecule has 7 heteroatoms. The van der Waals surface area contributed by atoms with E-state index in [2.05, 4.69) is 4.98 Å². The van der Waals surface area contributed by atoms with Crippen LogP contribution in [0.25, 0.3) is 0 Å². The smallest absolute Gasteiger partial charge is 0.311 e. The number of nitro groups is 1. The predicted molar refractivity (Wildman–Crippen MR) is 99.1 cm³/mol. The fourth-order valence-electron chi connectivity index (χ4n) is 3.03. The zero-order chi connectivity index (χ0) is 18.4. The zero-order valence-electron chi connectivity index (χ0n) is 14.9. The SMILES string of the molecule is COCCc1ccc(Oc2ccc([N+](=O)[O-])c(N3CCCCC3)n2)cc1. The highest BCUT2D eigenvalue weighted by Gasteiger charge is 2.23. The quantitative estimate of drug-likeness (QED) is 0.551. The van der Waals surface area contributed by atoms with Gasteiger partial charge in [0.25, 0.3) is 0 Å². The summed E-state index contributed by atoms with van der Waals surface area (Å²) in [7, 11) is 1.68. The van der Waals surface area contributed by atoms with E-state index in [1.807, 2.05) is 29.2 Å². The first-order valence-electron chi connectivity index (χ1n) is 8.83. The molecule has 0 unspecified atom stereocenters. The van der Waals surface area contributed by atoms with Crippen molar-refractivity contribution in [3.8, 4) is 11.6 Å². The molecule has 0 saturated carbocycles. The Morgan fingerprint density at radius 3 is 2.50 bits per heavy atom. The van der Waals surface area contributed by atoms with E-state index >= 15 is 0 Å². The second-order valence-corrected chi connectivity index (χ2v) is 6.29. The lowest BCUT2D eigenvalue weighted by molar-refractivity contribution is -0.384. The van der Waals surface area contributed by atoms with Crippen molar-refractivity contribution in [2.75, 3.05) is 31.7 Å². The highest BCUT2D eigenvalue weighted by molar-refractivity contribution is 5.59. The van der Waals surface area contributed by atoms with Crippen LogP contribution in [0.1, 0.15) is 24.8 Å². The van der Waals surface area contributed by atoms with E-state index in [4.69, 9.17) is 9.47 Å². The van der Waals surface area contributed by atoms with Crippen molar-refractivity contribution in [2.45, 2.75) is 25.7 Å². The number of ether oxygens (including phenoxy) is 2. The molecule has 0 amide bonds. The number of aromatic nitrogens is 1. The molecule has 1 saturated heterocycles. The van der Waals surface area contributed by atoms with Gasteiger partial charge in [0.15, 0.2) is 0 Å². The average Bonchev–Trinajstić information content (AvgIpc) is 2.68. The fourth-order valence-corrected chi connectivity index (χ4v) is 3.03. The summed E-state index contributed by atoms with van der Waals surface area (Å²) < 4.78 is 10.9. The van der Waals surface area contributed by atoms with E-state index in [-0.39, 0.29) is 10.6 Å². The third-order valence-corrected chi connectivity index (χ3v) is 4.42. The Balaban J connectivity index is 1.78. The lowest BCUT2D eigenvalue weighted by atomic mass is 10.1. The first kappa shape index (κ1) is 18.1. The van der Waals surface area contributed by atoms with Gasteiger partial charge in [0, 0.05) is 32.3 Å². The van der Waals surface area contributed by atoms with Gasteiger partial charge in [-0.15, -0.1) is 0 Å². The summed E-state index contributed by atoms with van der Waals surface area (Å²) in [5.41, 5.74) is 1.18. The predicted octanol–water partition coefficient (Wildman–Crippen LogP) is 3.96. The van der Waals surface area contributed by atoms with Gasteiger partial charge in [-0.2, -0.15) is 4.98 Å². The molecule has 1 fully saturated rings. The number of methoxy groups -OCH3 is 1.